The number of nitrogens with zero attached hydrogens (tertiary/aromatic N) is 4. The first-order valence-corrected chi connectivity index (χ1v) is 34.0. The molecular formula is C70H84FN15O17. The number of aliphatic carboxylic acids is 1. The van der Waals surface area contributed by atoms with Gasteiger partial charge in [-0.25, -0.2) is 23.8 Å². The molecule has 548 valence electrons. The minimum Gasteiger partial charge on any atom is -0.508 e. The van der Waals surface area contributed by atoms with Gasteiger partial charge in [-0.15, -0.1) is 0 Å². The van der Waals surface area contributed by atoms with E-state index >= 15 is 4.39 Å². The number of phenolic OH excluding ortho intramolecular Hbond substituents is 1. The number of amides is 11. The maximum absolute atomic E-state index is 15.7. The normalized spacial score (nSPS) is 17.0. The number of hydrogen-bond donors (Lipinski definition) is 14. The van der Waals surface area contributed by atoms with Crippen LogP contribution in [0.25, 0.3) is 22.3 Å². The van der Waals surface area contributed by atoms with Gasteiger partial charge in [-0.2, -0.15) is 0 Å². The van der Waals surface area contributed by atoms with Crippen molar-refractivity contribution >= 4 is 88.0 Å². The van der Waals surface area contributed by atoms with Gasteiger partial charge < -0.3 is 84.4 Å². The first-order chi connectivity index (χ1) is 49.1. The topological polar surface area (TPSA) is 500 Å². The van der Waals surface area contributed by atoms with E-state index < -0.39 is 144 Å². The molecular weight excluding hydrogens is 1340 g/mol. The number of esters is 1. The second-order valence-electron chi connectivity index (χ2n) is 25.8. The van der Waals surface area contributed by atoms with Gasteiger partial charge in [0.1, 0.15) is 54.9 Å². The summed E-state index contributed by atoms with van der Waals surface area (Å²) in [6, 6.07) is 7.97. The van der Waals surface area contributed by atoms with Gasteiger partial charge in [0.05, 0.1) is 35.1 Å². The van der Waals surface area contributed by atoms with Crippen molar-refractivity contribution in [3.05, 3.63) is 127 Å². The Morgan fingerprint density at radius 1 is 0.699 bits per heavy atom. The second-order valence-corrected chi connectivity index (χ2v) is 25.8. The number of aromatic nitrogens is 2. The van der Waals surface area contributed by atoms with Gasteiger partial charge in [-0.1, -0.05) is 49.4 Å². The van der Waals surface area contributed by atoms with Crippen LogP contribution < -0.4 is 65.3 Å². The summed E-state index contributed by atoms with van der Waals surface area (Å²) in [7, 11) is 0. The Labute approximate surface area is 589 Å². The third kappa shape index (κ3) is 18.6. The van der Waals surface area contributed by atoms with Crippen molar-refractivity contribution in [1.29, 1.82) is 0 Å². The number of urea groups is 1. The van der Waals surface area contributed by atoms with Gasteiger partial charge in [-0.3, -0.25) is 57.8 Å². The number of unbranched alkanes of at least 4 members (excludes halogenated alkanes) is 1. The number of rotatable bonds is 34. The zero-order valence-electron chi connectivity index (χ0n) is 56.8. The predicted molar refractivity (Wildman–Crippen MR) is 366 cm³/mol. The number of aliphatic hydroxyl groups is 1. The molecule has 11 amide bonds. The lowest BCUT2D eigenvalue weighted by Gasteiger charge is -2.31. The molecule has 17 N–H and O–H groups in total. The average Bonchev–Trinajstić information content (AvgIpc) is 1.61. The highest BCUT2D eigenvalue weighted by Gasteiger charge is 2.46. The number of carboxylic acid groups (broad SMARTS) is 1. The highest BCUT2D eigenvalue weighted by molar-refractivity contribution is 6.05. The Bertz CT molecular complexity index is 4230. The van der Waals surface area contributed by atoms with E-state index in [2.05, 4.69) is 47.5 Å². The van der Waals surface area contributed by atoms with Crippen molar-refractivity contribution in [2.45, 2.75) is 172 Å². The number of carbonyl (C=O) groups is 12. The zero-order chi connectivity index (χ0) is 74.4. The Kier molecular flexibility index (Phi) is 24.9. The molecule has 5 heterocycles. The van der Waals surface area contributed by atoms with Crippen molar-refractivity contribution in [3.63, 3.8) is 0 Å². The summed E-state index contributed by atoms with van der Waals surface area (Å²) in [6.45, 7) is 2.13. The van der Waals surface area contributed by atoms with Crippen LogP contribution in [0.2, 0.25) is 0 Å². The van der Waals surface area contributed by atoms with Crippen LogP contribution in [-0.2, 0) is 95.5 Å². The number of cyclic esters (lactones) is 1. The number of carbonyl (C=O) groups excluding carboxylic acids is 11. The molecule has 3 aromatic carbocycles. The first kappa shape index (κ1) is 75.8. The molecule has 4 aliphatic rings. The summed E-state index contributed by atoms with van der Waals surface area (Å²) in [5, 5.41) is 53.5. The van der Waals surface area contributed by atoms with E-state index in [1.54, 1.807) is 44.2 Å². The number of nitrogens with one attached hydrogen (secondary N) is 8. The van der Waals surface area contributed by atoms with Crippen LogP contribution in [0.1, 0.15) is 141 Å². The van der Waals surface area contributed by atoms with Gasteiger partial charge in [-0.05, 0) is 117 Å². The van der Waals surface area contributed by atoms with Crippen molar-refractivity contribution in [1.82, 2.24) is 57.0 Å². The first-order valence-electron chi connectivity index (χ1n) is 34.0. The highest BCUT2D eigenvalue weighted by atomic mass is 19.1. The number of carboxylic acids is 1. The minimum absolute atomic E-state index is 0.00571. The minimum atomic E-state index is -2.12. The number of pyridine rings is 2. The maximum atomic E-state index is 15.7. The fraction of sp³-hybridized carbons (Fsp3) is 0.443. The Morgan fingerprint density at radius 2 is 1.30 bits per heavy atom. The number of benzene rings is 3. The molecule has 9 rings (SSSR count). The van der Waals surface area contributed by atoms with Crippen molar-refractivity contribution in [2.75, 3.05) is 26.2 Å². The summed E-state index contributed by atoms with van der Waals surface area (Å²) >= 11 is 0. The largest absolute Gasteiger partial charge is 0.508 e. The number of likely N-dealkylation sites (tertiary alicyclic amines) is 1. The molecule has 1 saturated heterocycles. The van der Waals surface area contributed by atoms with Gasteiger partial charge in [0.15, 0.2) is 11.6 Å². The van der Waals surface area contributed by atoms with Crippen LogP contribution in [0.3, 0.4) is 0 Å². The molecule has 3 aliphatic heterocycles. The van der Waals surface area contributed by atoms with E-state index in [0.29, 0.717) is 45.2 Å². The van der Waals surface area contributed by atoms with Crippen LogP contribution >= 0.6 is 0 Å². The summed E-state index contributed by atoms with van der Waals surface area (Å²) < 4.78 is 22.4. The fourth-order valence-corrected chi connectivity index (χ4v) is 13.2. The second kappa shape index (κ2) is 33.9. The zero-order valence-corrected chi connectivity index (χ0v) is 56.8. The SMILES string of the molecule is CC[C@@]1(O)C(=O)OCc2c1cc1n(c2=O)Cc2c-1nc1cc(F)c(C)c3c1c2[C@@H](NC(=O)CCC(=O)N[C@@H](Cc1ccccc1)C(=O)N[C@@H](CCCNC(N)=O)C(=O)N[C@@H](CCCCNC(=O)[C@@H](CCCN=C(N)N)NC(=O)CN1C(=O)CCC1=O)C(=O)N[C@@H](Cc1ccc(O)cc1)C(=O)O)CC3. The molecule has 5 aromatic rings. The Balaban J connectivity index is 0.902. The van der Waals surface area contributed by atoms with Crippen LogP contribution in [0.15, 0.2) is 76.5 Å². The standard InChI is InChI=1S/C70H84FN15O17/c1-3-70(102)43-31-52-60-41(33-85(52)65(97)42(43)35-103-67(70)100)59-45(21-20-40-36(2)44(71)32-49(81-60)58(40)59)78-53(88)22-23-54(89)80-50(29-37-11-5-4-6-12-37)64(96)83-48(15-10-28-77-69(74)101)62(94)82-47(63(95)84-51(66(98)99)30-38-16-18-39(87)19-17-38)13-7-8-26-75-61(93)46(14-9-27-76-68(72)73)79-55(90)34-86-56(91)24-25-57(86)92/h4-6,11-12,16-19,31-32,45-48,50-51,87,102H,3,7-10,13-15,20-30,33-35H2,1-2H3,(H,75,93)(H,78,88)(H,79,90)(H,80,89)(H,82,94)(H,83,96)(H,84,95)(H,98,99)(H4,72,73,76)(H3,74,77,101)/t45-,46+,47-,48-,50-,51-,70-/m0/s1. The lowest BCUT2D eigenvalue weighted by atomic mass is 9.81. The number of fused-ring (bicyclic) bond motifs is 5. The number of aliphatic imine (C=N–C) groups is 1. The number of aryl methyl sites for hydroxylation is 1. The third-order valence-electron chi connectivity index (χ3n) is 18.7. The predicted octanol–water partition coefficient (Wildman–Crippen LogP) is 0.0480. The van der Waals surface area contributed by atoms with E-state index in [-0.39, 0.29) is 156 Å². The van der Waals surface area contributed by atoms with Crippen LogP contribution in [-0.4, -0.2) is 163 Å². The molecule has 1 fully saturated rings. The van der Waals surface area contributed by atoms with Crippen molar-refractivity contribution < 1.29 is 82.0 Å². The average molecular weight is 1430 g/mol. The summed E-state index contributed by atoms with van der Waals surface area (Å²) in [5.74, 6) is -9.90. The number of phenols is 1. The van der Waals surface area contributed by atoms with Crippen LogP contribution in [0, 0.1) is 12.7 Å². The highest BCUT2D eigenvalue weighted by Crippen LogP contribution is 2.46. The quantitative estimate of drug-likeness (QED) is 0.00834. The van der Waals surface area contributed by atoms with Gasteiger partial charge in [0, 0.05) is 80.7 Å². The molecule has 7 atom stereocenters. The summed E-state index contributed by atoms with van der Waals surface area (Å²) in [4.78, 5) is 185. The van der Waals surface area contributed by atoms with Crippen molar-refractivity contribution in [3.8, 4) is 17.1 Å². The molecule has 0 spiro atoms. The van der Waals surface area contributed by atoms with E-state index in [1.807, 2.05) is 0 Å². The molecule has 33 heteroatoms. The van der Waals surface area contributed by atoms with E-state index in [1.165, 1.54) is 41.0 Å². The van der Waals surface area contributed by atoms with Gasteiger partial charge >= 0.3 is 18.0 Å². The lowest BCUT2D eigenvalue weighted by molar-refractivity contribution is -0.172. The molecule has 1 aliphatic carbocycles. The van der Waals surface area contributed by atoms with Gasteiger partial charge in [0.2, 0.25) is 53.2 Å². The van der Waals surface area contributed by atoms with Gasteiger partial charge in [0.25, 0.3) is 5.56 Å². The smallest absolute Gasteiger partial charge is 0.343 e. The molecule has 103 heavy (non-hydrogen) atoms. The number of guanidine groups is 1. The Morgan fingerprint density at radius 3 is 1.96 bits per heavy atom. The number of hydrogen-bond acceptors (Lipinski definition) is 18. The third-order valence-corrected chi connectivity index (χ3v) is 18.7. The van der Waals surface area contributed by atoms with E-state index in [4.69, 9.17) is 26.9 Å². The van der Waals surface area contributed by atoms with E-state index in [0.717, 1.165) is 4.90 Å². The summed E-state index contributed by atoms with van der Waals surface area (Å²) in [6.07, 6.45) is -0.901. The van der Waals surface area contributed by atoms with Crippen molar-refractivity contribution in [2.24, 2.45) is 22.2 Å². The molecule has 0 saturated carbocycles. The number of nitrogens with two attached hydrogens (primary N) is 3. The number of imide groups is 1. The molecule has 2 aromatic heterocycles. The Hall–Kier alpha value is -11.4. The number of halogens is 1. The summed E-state index contributed by atoms with van der Waals surface area (Å²) in [5.41, 5.74) is 17.7. The molecule has 0 unspecified atom stereocenters. The van der Waals surface area contributed by atoms with E-state index in [9.17, 15) is 77.6 Å². The maximum Gasteiger partial charge on any atom is 0.343 e. The number of ether oxygens (including phenoxy) is 1. The number of primary amides is 1. The lowest BCUT2D eigenvalue weighted by Crippen LogP contribution is -2.58. The fourth-order valence-electron chi connectivity index (χ4n) is 13.2. The molecule has 0 radical (unpaired) electrons. The monoisotopic (exact) mass is 1430 g/mol. The number of aromatic hydroxyl groups is 1. The van der Waals surface area contributed by atoms with Crippen LogP contribution in [0.4, 0.5) is 9.18 Å². The van der Waals surface area contributed by atoms with Crippen LogP contribution in [0.5, 0.6) is 5.75 Å². The molecule has 32 nitrogen and oxygen atoms in total. The molecule has 0 bridgehead atoms.